The quantitative estimate of drug-likeness (QED) is 0.296. The molecule has 0 bridgehead atoms. The molecule has 2 nitrogen and oxygen atoms in total. The highest BCUT2D eigenvalue weighted by molar-refractivity contribution is 6.87. The van der Waals surface area contributed by atoms with E-state index in [2.05, 4.69) is 81.6 Å². The van der Waals surface area contributed by atoms with E-state index >= 15 is 0 Å². The Morgan fingerprint density at radius 3 is 2.18 bits per heavy atom. The first-order valence-electron chi connectivity index (χ1n) is 11.3. The molecule has 0 unspecified atom stereocenters. The zero-order valence-corrected chi connectivity index (χ0v) is 19.9. The van der Waals surface area contributed by atoms with Crippen LogP contribution in [0.2, 0.25) is 18.1 Å². The van der Waals surface area contributed by atoms with Crippen molar-refractivity contribution in [1.82, 2.24) is 4.90 Å². The summed E-state index contributed by atoms with van der Waals surface area (Å²) in [5.74, 6) is 4.06. The van der Waals surface area contributed by atoms with Crippen molar-refractivity contribution >= 4 is 8.07 Å². The fourth-order valence-electron chi connectivity index (χ4n) is 4.65. The maximum atomic E-state index is 5.98. The van der Waals surface area contributed by atoms with Gasteiger partial charge in [0.1, 0.15) is 14.7 Å². The van der Waals surface area contributed by atoms with Crippen molar-refractivity contribution in [2.24, 2.45) is 5.92 Å². The van der Waals surface area contributed by atoms with Crippen LogP contribution >= 0.6 is 0 Å². The van der Waals surface area contributed by atoms with Gasteiger partial charge in [-0.1, -0.05) is 57.0 Å². The van der Waals surface area contributed by atoms with Crippen LogP contribution in [0.25, 0.3) is 0 Å². The van der Waals surface area contributed by atoms with Gasteiger partial charge in [0.15, 0.2) is 0 Å². The Labute approximate surface area is 175 Å². The molecule has 28 heavy (non-hydrogen) atoms. The number of hydrogen-bond acceptors (Lipinski definition) is 2. The molecule has 1 saturated carbocycles. The molecule has 3 heteroatoms. The second-order valence-corrected chi connectivity index (χ2v) is 13.8. The molecule has 0 spiro atoms. The lowest BCUT2D eigenvalue weighted by atomic mass is 9.73. The molecule has 1 aliphatic rings. The van der Waals surface area contributed by atoms with Crippen molar-refractivity contribution < 1.29 is 4.74 Å². The van der Waals surface area contributed by atoms with Gasteiger partial charge in [0.25, 0.3) is 0 Å². The highest BCUT2D eigenvalue weighted by atomic mass is 28.3. The minimum atomic E-state index is -1.32. The van der Waals surface area contributed by atoms with E-state index in [-0.39, 0.29) is 0 Å². The van der Waals surface area contributed by atoms with Gasteiger partial charge < -0.3 is 9.64 Å². The molecule has 0 radical (unpaired) electrons. The summed E-state index contributed by atoms with van der Waals surface area (Å²) in [6.07, 6.45) is 6.18. The molecule has 2 rings (SSSR count). The van der Waals surface area contributed by atoms with Gasteiger partial charge in [-0.05, 0) is 75.8 Å². The first-order chi connectivity index (χ1) is 13.5. The minimum Gasteiger partial charge on any atom is -0.369 e. The molecule has 156 valence electrons. The van der Waals surface area contributed by atoms with Crippen molar-refractivity contribution in [3.8, 4) is 11.5 Å². The van der Waals surface area contributed by atoms with Crippen LogP contribution in [0, 0.1) is 17.4 Å². The molecule has 0 amide bonds. The molecular formula is C25H41NOSi. The summed E-state index contributed by atoms with van der Waals surface area (Å²) in [7, 11) is 3.18. The molecule has 0 saturated heterocycles. The Kier molecular flexibility index (Phi) is 9.27. The van der Waals surface area contributed by atoms with Crippen molar-refractivity contribution in [2.75, 3.05) is 27.3 Å². The van der Waals surface area contributed by atoms with Crippen molar-refractivity contribution in [2.45, 2.75) is 76.5 Å². The Morgan fingerprint density at radius 2 is 1.64 bits per heavy atom. The normalized spacial score (nSPS) is 22.7. The Hall–Kier alpha value is -1.08. The standard InChI is InChI=1S/C25H41NOSi/c1-6-28(7-2,8-3)20-12-19-27-22-24-15-17-25(18-16-24,26(4)5)21-23-13-10-9-11-14-23/h9-11,13-14,24H,6-8,15-19,21-22H2,1-5H3. The van der Waals surface area contributed by atoms with Crippen LogP contribution < -0.4 is 0 Å². The largest absolute Gasteiger partial charge is 0.369 e. The second-order valence-electron chi connectivity index (χ2n) is 8.88. The third-order valence-electron chi connectivity index (χ3n) is 7.27. The lowest BCUT2D eigenvalue weighted by molar-refractivity contribution is 0.0444. The second kappa shape index (κ2) is 11.2. The van der Waals surface area contributed by atoms with E-state index in [9.17, 15) is 0 Å². The van der Waals surface area contributed by atoms with E-state index in [0.717, 1.165) is 13.0 Å². The third-order valence-corrected chi connectivity index (χ3v) is 12.0. The Bertz CT molecular complexity index is 611. The number of likely N-dealkylation sites (N-methyl/N-ethyl adjacent to an activating group) is 1. The molecule has 0 aliphatic heterocycles. The zero-order chi connectivity index (χ0) is 20.5. The van der Waals surface area contributed by atoms with Gasteiger partial charge in [0.2, 0.25) is 0 Å². The van der Waals surface area contributed by atoms with Crippen molar-refractivity contribution in [1.29, 1.82) is 0 Å². The van der Waals surface area contributed by atoms with Gasteiger partial charge in [-0.3, -0.25) is 0 Å². The average molecular weight is 400 g/mol. The maximum absolute atomic E-state index is 5.98. The molecule has 1 aliphatic carbocycles. The highest BCUT2D eigenvalue weighted by Crippen LogP contribution is 2.38. The summed E-state index contributed by atoms with van der Waals surface area (Å²) < 4.78 is 5.98. The monoisotopic (exact) mass is 399 g/mol. The summed E-state index contributed by atoms with van der Waals surface area (Å²) in [5.41, 5.74) is 5.39. The van der Waals surface area contributed by atoms with E-state index in [1.165, 1.54) is 49.4 Å². The van der Waals surface area contributed by atoms with Crippen molar-refractivity contribution in [3.05, 3.63) is 35.9 Å². The van der Waals surface area contributed by atoms with E-state index < -0.39 is 8.07 Å². The summed E-state index contributed by atoms with van der Waals surface area (Å²) in [6.45, 7) is 8.42. The fourth-order valence-corrected chi connectivity index (χ4v) is 7.13. The first kappa shape index (κ1) is 23.2. The molecule has 0 atom stereocenters. The molecular weight excluding hydrogens is 358 g/mol. The van der Waals surface area contributed by atoms with Gasteiger partial charge in [0, 0.05) is 5.54 Å². The first-order valence-corrected chi connectivity index (χ1v) is 13.9. The van der Waals surface area contributed by atoms with Crippen LogP contribution in [0.5, 0.6) is 0 Å². The molecule has 0 N–H and O–H groups in total. The highest BCUT2D eigenvalue weighted by Gasteiger charge is 2.37. The van der Waals surface area contributed by atoms with Crippen molar-refractivity contribution in [3.63, 3.8) is 0 Å². The maximum Gasteiger partial charge on any atom is 0.137 e. The average Bonchev–Trinajstić information content (AvgIpc) is 2.73. The van der Waals surface area contributed by atoms with Crippen LogP contribution in [0.4, 0.5) is 0 Å². The topological polar surface area (TPSA) is 12.5 Å². The van der Waals surface area contributed by atoms with Crippen LogP contribution in [-0.4, -0.2) is 45.8 Å². The summed E-state index contributed by atoms with van der Waals surface area (Å²) in [5, 5.41) is 0. The van der Waals surface area contributed by atoms with Gasteiger partial charge in [-0.2, -0.15) is 0 Å². The summed E-state index contributed by atoms with van der Waals surface area (Å²) in [4.78, 5) is 2.47. The smallest absolute Gasteiger partial charge is 0.137 e. The lowest BCUT2D eigenvalue weighted by Gasteiger charge is -2.45. The van der Waals surface area contributed by atoms with Crippen LogP contribution in [-0.2, 0) is 11.2 Å². The van der Waals surface area contributed by atoms with E-state index in [1.807, 2.05) is 0 Å². The van der Waals surface area contributed by atoms with Gasteiger partial charge in [0.05, 0.1) is 6.61 Å². The Morgan fingerprint density at radius 1 is 1.04 bits per heavy atom. The predicted molar refractivity (Wildman–Crippen MR) is 124 cm³/mol. The fraction of sp³-hybridized carbons (Fsp3) is 0.680. The Balaban J connectivity index is 1.81. The van der Waals surface area contributed by atoms with E-state index in [1.54, 1.807) is 0 Å². The summed E-state index contributed by atoms with van der Waals surface area (Å²) in [6, 6.07) is 14.8. The zero-order valence-electron chi connectivity index (χ0n) is 18.9. The van der Waals surface area contributed by atoms with Gasteiger partial charge >= 0.3 is 0 Å². The molecule has 1 aromatic rings. The number of nitrogens with zero attached hydrogens (tertiary/aromatic N) is 1. The lowest BCUT2D eigenvalue weighted by Crippen LogP contribution is -2.49. The SMILES string of the molecule is CC[Si](C#CCOCC1CCC(Cc2ccccc2)(N(C)C)CC1)(CC)CC. The minimum absolute atomic E-state index is 0.298. The third kappa shape index (κ3) is 6.21. The van der Waals surface area contributed by atoms with Crippen LogP contribution in [0.1, 0.15) is 52.0 Å². The van der Waals surface area contributed by atoms with Gasteiger partial charge in [-0.15, -0.1) is 5.54 Å². The molecule has 0 aromatic heterocycles. The number of rotatable bonds is 9. The predicted octanol–water partition coefficient (Wildman–Crippen LogP) is 5.79. The van der Waals surface area contributed by atoms with Gasteiger partial charge in [-0.25, -0.2) is 0 Å². The van der Waals surface area contributed by atoms with E-state index in [4.69, 9.17) is 4.74 Å². The molecule has 1 fully saturated rings. The van der Waals surface area contributed by atoms with Crippen LogP contribution in [0.3, 0.4) is 0 Å². The number of benzene rings is 1. The van der Waals surface area contributed by atoms with E-state index in [0.29, 0.717) is 18.1 Å². The molecule has 0 heterocycles. The van der Waals surface area contributed by atoms with Crippen LogP contribution in [0.15, 0.2) is 30.3 Å². The summed E-state index contributed by atoms with van der Waals surface area (Å²) >= 11 is 0. The molecule has 1 aromatic carbocycles. The number of hydrogen-bond donors (Lipinski definition) is 0. The number of ether oxygens (including phenoxy) is 1.